The second-order valence-electron chi connectivity index (χ2n) is 22.1. The van der Waals surface area contributed by atoms with E-state index in [4.69, 9.17) is 64.4 Å². The number of urea groups is 1. The number of nitriles is 5. The van der Waals surface area contributed by atoms with Crippen LogP contribution in [0.4, 0.5) is 4.79 Å². The minimum absolute atomic E-state index is 0.0867. The van der Waals surface area contributed by atoms with Gasteiger partial charge in [-0.1, -0.05) is 73.9 Å². The molecule has 2 heterocycles. The maximum absolute atomic E-state index is 15.0. The van der Waals surface area contributed by atoms with Crippen LogP contribution in [-0.2, 0) is 93.3 Å². The summed E-state index contributed by atoms with van der Waals surface area (Å²) >= 11 is 1.81. The van der Waals surface area contributed by atoms with Crippen LogP contribution in [0.15, 0.2) is 78.9 Å². The van der Waals surface area contributed by atoms with Crippen LogP contribution in [0.25, 0.3) is 0 Å². The first-order valence-corrected chi connectivity index (χ1v) is 37.0. The molecule has 3 fully saturated rings. The summed E-state index contributed by atoms with van der Waals surface area (Å²) in [6.45, 7) is -0.670. The fourth-order valence-electron chi connectivity index (χ4n) is 11.3. The average molecular weight is 1440 g/mol. The Hall–Kier alpha value is -7.46. The maximum Gasteiger partial charge on any atom is 0.475 e. The first-order chi connectivity index (χ1) is 47.2. The number of fused-ring (bicyclic) bond motifs is 1. The van der Waals surface area contributed by atoms with E-state index in [1.165, 1.54) is 0 Å². The second-order valence-corrected chi connectivity index (χ2v) is 28.3. The van der Waals surface area contributed by atoms with Crippen molar-refractivity contribution in [2.24, 2.45) is 0 Å². The van der Waals surface area contributed by atoms with Gasteiger partial charge in [0.1, 0.15) is 35.3 Å². The summed E-state index contributed by atoms with van der Waals surface area (Å²) in [4.78, 5) is 69.1. The normalized spacial score (nSPS) is 21.1. The number of carbonyl (C=O) groups excluding carboxylic acids is 5. The number of ether oxygens (including phenoxy) is 5. The number of phosphoric acid groups is 3. The van der Waals surface area contributed by atoms with Crippen molar-refractivity contribution < 1.29 is 102 Å². The van der Waals surface area contributed by atoms with Gasteiger partial charge in [-0.05, 0) is 66.6 Å². The Morgan fingerprint density at radius 1 is 0.531 bits per heavy atom. The van der Waals surface area contributed by atoms with Crippen molar-refractivity contribution in [3.63, 3.8) is 0 Å². The molecule has 1 unspecified atom stereocenters. The number of methoxy groups -OCH3 is 2. The zero-order valence-electron chi connectivity index (χ0n) is 55.0. The smallest absolute Gasteiger partial charge is 0.475 e. The number of thioether (sulfide) groups is 1. The summed E-state index contributed by atoms with van der Waals surface area (Å²) in [6.07, 6.45) is -11.8. The predicted octanol–water partition coefficient (Wildman–Crippen LogP) is 10.1. The Bertz CT molecular complexity index is 3400. The number of benzene rings is 3. The van der Waals surface area contributed by atoms with Gasteiger partial charge < -0.3 is 39.2 Å². The van der Waals surface area contributed by atoms with E-state index in [9.17, 15) is 64.0 Å². The van der Waals surface area contributed by atoms with Gasteiger partial charge in [-0.2, -0.15) is 38.1 Å². The summed E-state index contributed by atoms with van der Waals surface area (Å²) in [5.41, 5.74) is 1.65. The first-order valence-electron chi connectivity index (χ1n) is 31.6. The average Bonchev–Trinajstić information content (AvgIpc) is 1.43. The van der Waals surface area contributed by atoms with Gasteiger partial charge in [-0.25, -0.2) is 18.5 Å². The molecule has 30 nitrogen and oxygen atoms in total. The van der Waals surface area contributed by atoms with Gasteiger partial charge in [-0.15, -0.1) is 0 Å². The monoisotopic (exact) mass is 1440 g/mol. The van der Waals surface area contributed by atoms with Gasteiger partial charge >= 0.3 is 47.4 Å². The number of nitrogens with one attached hydrogen (secondary N) is 2. The Labute approximate surface area is 573 Å². The number of amides is 3. The number of nitrogens with zero attached hydrogens (tertiary/aromatic N) is 6. The highest BCUT2D eigenvalue weighted by atomic mass is 32.2. The Kier molecular flexibility index (Phi) is 32.4. The zero-order chi connectivity index (χ0) is 71.1. The third-order valence-corrected chi connectivity index (χ3v) is 21.4. The summed E-state index contributed by atoms with van der Waals surface area (Å²) in [7, 11) is -12.3. The van der Waals surface area contributed by atoms with Crippen LogP contribution < -0.4 is 20.1 Å². The molecule has 10 atom stereocenters. The van der Waals surface area contributed by atoms with Crippen molar-refractivity contribution in [1.29, 1.82) is 26.3 Å². The number of unbranched alkanes of at least 4 members (excludes halogenated alkanes) is 4. The Morgan fingerprint density at radius 3 is 1.33 bits per heavy atom. The number of hydrogen-bond acceptors (Lipinski definition) is 28. The van der Waals surface area contributed by atoms with E-state index in [1.807, 2.05) is 102 Å². The Morgan fingerprint density at radius 2 is 0.918 bits per heavy atom. The molecule has 3 aromatic rings. The lowest BCUT2D eigenvalue weighted by molar-refractivity contribution is -0.240. The lowest BCUT2D eigenvalue weighted by Gasteiger charge is -2.48. The number of carbonyl (C=O) groups is 5. The van der Waals surface area contributed by atoms with Gasteiger partial charge in [-0.3, -0.25) is 59.9 Å². The number of phosphoric ester groups is 3. The zero-order valence-corrected chi connectivity index (χ0v) is 58.5. The second kappa shape index (κ2) is 40.0. The molecule has 0 bridgehead atoms. The fraction of sp³-hybridized carbons (Fsp3) is 0.562. The number of hydrogen-bond donors (Lipinski definition) is 2. The molecule has 0 radical (unpaired) electrons. The molecule has 2 aliphatic heterocycles. The summed E-state index contributed by atoms with van der Waals surface area (Å²) < 4.78 is 123. The fourth-order valence-corrected chi connectivity index (χ4v) is 17.0. The van der Waals surface area contributed by atoms with Crippen molar-refractivity contribution >= 4 is 65.1 Å². The minimum atomic E-state index is -5.22. The summed E-state index contributed by atoms with van der Waals surface area (Å²) in [6, 6.07) is 33.9. The van der Waals surface area contributed by atoms with Crippen molar-refractivity contribution in [3.05, 3.63) is 95.6 Å². The highest BCUT2D eigenvalue weighted by molar-refractivity contribution is 8.00. The van der Waals surface area contributed by atoms with Gasteiger partial charge in [0.05, 0.1) is 128 Å². The number of esters is 3. The highest BCUT2D eigenvalue weighted by Crippen LogP contribution is 2.60. The SMILES string of the molecule is COc1ccc(C(c2ccccc2)(c2ccc(OC)cc2)N2C(=O)N[C@@H]3[C@H](CCCCC(=O)NCCCCCCOP(=O)(OCCC#N)O[C@@H]4[C@@H](OC(C)=O)[C@H](OP(=O)(OCCC#N)OCCC#N)[C@@H](OP(=O)(OCCC#N)OCCC#N)[C@H](OC(C)=O)[C@@H]4OC(C)=O)SC[C@@H]32)cc1. The van der Waals surface area contributed by atoms with Gasteiger partial charge in [0, 0.05) is 44.7 Å². The third-order valence-electron chi connectivity index (χ3n) is 15.4. The lowest BCUT2D eigenvalue weighted by Crippen LogP contribution is -2.67. The molecule has 2 saturated heterocycles. The van der Waals surface area contributed by atoms with Gasteiger partial charge in [0.2, 0.25) is 5.91 Å². The van der Waals surface area contributed by atoms with Crippen LogP contribution in [0.5, 0.6) is 11.5 Å². The van der Waals surface area contributed by atoms with Crippen molar-refractivity contribution in [2.45, 2.75) is 164 Å². The van der Waals surface area contributed by atoms with E-state index < -0.39 is 149 Å². The molecule has 6 rings (SSSR count). The van der Waals surface area contributed by atoms with Crippen LogP contribution in [0.2, 0.25) is 0 Å². The molecule has 0 spiro atoms. The van der Waals surface area contributed by atoms with Crippen molar-refractivity contribution in [2.75, 3.05) is 66.2 Å². The van der Waals surface area contributed by atoms with Crippen LogP contribution in [-0.4, -0.2) is 155 Å². The molecule has 0 aromatic heterocycles. The predicted molar refractivity (Wildman–Crippen MR) is 347 cm³/mol. The highest BCUT2D eigenvalue weighted by Gasteiger charge is 2.63. The van der Waals surface area contributed by atoms with E-state index in [0.29, 0.717) is 49.5 Å². The quantitative estimate of drug-likeness (QED) is 0.0133. The van der Waals surface area contributed by atoms with E-state index in [2.05, 4.69) is 10.6 Å². The van der Waals surface area contributed by atoms with Crippen LogP contribution in [0.1, 0.15) is 121 Å². The molecule has 2 N–H and O–H groups in total. The Balaban J connectivity index is 1.11. The summed E-state index contributed by atoms with van der Waals surface area (Å²) in [5.74, 6) is -1.64. The number of rotatable bonds is 43. The third kappa shape index (κ3) is 22.5. The topological polar surface area (TPSA) is 412 Å². The molecule has 3 aliphatic rings. The molecule has 1 aliphatic carbocycles. The van der Waals surface area contributed by atoms with E-state index in [0.717, 1.165) is 50.3 Å². The molecule has 98 heavy (non-hydrogen) atoms. The first kappa shape index (κ1) is 79.5. The largest absolute Gasteiger partial charge is 0.497 e. The molecule has 3 aromatic carbocycles. The van der Waals surface area contributed by atoms with Crippen LogP contribution in [0.3, 0.4) is 0 Å². The van der Waals surface area contributed by atoms with Crippen molar-refractivity contribution in [1.82, 2.24) is 15.5 Å². The van der Waals surface area contributed by atoms with Crippen molar-refractivity contribution in [3.8, 4) is 41.8 Å². The van der Waals surface area contributed by atoms with E-state index in [-0.39, 0.29) is 48.7 Å². The molecular formula is C64H81N8O22P3S. The summed E-state index contributed by atoms with van der Waals surface area (Å²) in [5, 5.41) is 53.1. The van der Waals surface area contributed by atoms with E-state index >= 15 is 0 Å². The van der Waals surface area contributed by atoms with Crippen LogP contribution in [0, 0.1) is 56.7 Å². The standard InChI is InChI=1S/C64H81N8O22P3S/c1-45(73)89-57-58(90-46(2)74)61(93-96(79,85-40-16-33-66)86-41-17-34-67)62(94-97(80,87-42-18-35-68)88-43-19-36-69)59(91-47(3)75)60(57)92-95(78,84-39-15-32-65)83-38-14-7-6-13-37-70-55(76)23-12-11-22-54-56-53(44-98-54)72(63(77)71-56)64(48-20-9-8-10-21-48,49-24-28-51(81-4)29-25-49)50-26-30-52(82-5)31-27-50/h8-10,20-21,24-31,53-54,56-62H,6-7,11-19,22-23,37-44H2,1-5H3,(H,70,76)(H,71,77)/t53-,54-,56-,57-,58+,59+,60-,61-,62-,95?/m0/s1. The van der Waals surface area contributed by atoms with Crippen LogP contribution >= 0.6 is 35.2 Å². The molecule has 3 amide bonds. The maximum atomic E-state index is 15.0. The van der Waals surface area contributed by atoms with Gasteiger partial charge in [0.25, 0.3) is 0 Å². The molecule has 530 valence electrons. The van der Waals surface area contributed by atoms with Gasteiger partial charge in [0.15, 0.2) is 18.3 Å². The van der Waals surface area contributed by atoms with E-state index in [1.54, 1.807) is 38.5 Å². The molecular weight excluding hydrogens is 1360 g/mol. The lowest BCUT2D eigenvalue weighted by atomic mass is 9.74. The molecule has 34 heteroatoms. The molecule has 1 saturated carbocycles. The minimum Gasteiger partial charge on any atom is -0.497 e.